The van der Waals surface area contributed by atoms with Gasteiger partial charge >= 0.3 is 0 Å². The standard InChI is InChI=1S/C106H62N8S2/c107-63-79-38-20-50-91-95(79)115-97-81(44-22-52-93(97)105(91)87-46-11-7-40-83(87)84-41-8-12-47-88(84)105)73-32-15-28-69(58-73)70-29-16-34-75(59-70)101-109-99(67-26-5-2-6-27-67)110-102(113-101)76-35-17-30-71(60-76)72-31-18-36-77(61-72)103-111-100(68-56-54-66(55-57-68)65-24-3-1-4-25-65)112-104(114-103)78-37-19-33-74(62-78)82-45-23-53-94-98(82)116-96-80(64-108)39-21-51-92(96)106(94)89-48-13-9-42-85(89)86-43-10-14-49-90(86)106/h1-62H. The molecule has 0 saturated heterocycles. The molecule has 0 radical (unpaired) electrons. The molecule has 538 valence electrons. The molecule has 0 amide bonds. The van der Waals surface area contributed by atoms with Gasteiger partial charge < -0.3 is 0 Å². The predicted molar refractivity (Wildman–Crippen MR) is 465 cm³/mol. The third-order valence-electron chi connectivity index (χ3n) is 23.4. The van der Waals surface area contributed by atoms with Crippen LogP contribution in [0.25, 0.3) is 146 Å². The number of hydrogen-bond donors (Lipinski definition) is 0. The summed E-state index contributed by atoms with van der Waals surface area (Å²) < 4.78 is 0. The van der Waals surface area contributed by atoms with Crippen LogP contribution in [0, 0.1) is 22.7 Å². The van der Waals surface area contributed by atoms with Crippen molar-refractivity contribution in [1.29, 1.82) is 10.5 Å². The van der Waals surface area contributed by atoms with Crippen LogP contribution in [-0.4, -0.2) is 29.9 Å². The highest BCUT2D eigenvalue weighted by molar-refractivity contribution is 8.00. The molecule has 18 aromatic rings. The Hall–Kier alpha value is -14.8. The van der Waals surface area contributed by atoms with E-state index in [0.717, 1.165) is 120 Å². The maximum atomic E-state index is 10.8. The Labute approximate surface area is 679 Å². The van der Waals surface area contributed by atoms with Crippen molar-refractivity contribution in [2.24, 2.45) is 0 Å². The van der Waals surface area contributed by atoms with E-state index in [2.05, 4.69) is 328 Å². The van der Waals surface area contributed by atoms with E-state index < -0.39 is 10.8 Å². The molecule has 8 nitrogen and oxygen atoms in total. The Balaban J connectivity index is 0.621. The Kier molecular flexibility index (Phi) is 16.2. The fourth-order valence-corrected chi connectivity index (χ4v) is 21.1. The van der Waals surface area contributed by atoms with E-state index in [0.29, 0.717) is 46.1 Å². The van der Waals surface area contributed by atoms with E-state index in [1.54, 1.807) is 23.5 Å². The van der Waals surface area contributed by atoms with E-state index in [-0.39, 0.29) is 0 Å². The van der Waals surface area contributed by atoms with Crippen molar-refractivity contribution >= 4 is 23.5 Å². The molecule has 2 aromatic heterocycles. The van der Waals surface area contributed by atoms with Crippen molar-refractivity contribution in [3.05, 3.63) is 432 Å². The second kappa shape index (κ2) is 27.6. The number of rotatable bonds is 11. The van der Waals surface area contributed by atoms with Gasteiger partial charge in [0.2, 0.25) is 0 Å². The molecule has 2 spiro atoms. The highest BCUT2D eigenvalue weighted by Gasteiger charge is 2.53. The molecule has 0 bridgehead atoms. The first-order valence-electron chi connectivity index (χ1n) is 38.7. The number of benzene rings is 16. The van der Waals surface area contributed by atoms with Gasteiger partial charge in [0.1, 0.15) is 12.1 Å². The molecule has 2 aliphatic carbocycles. The van der Waals surface area contributed by atoms with Crippen molar-refractivity contribution in [3.8, 4) is 158 Å². The fraction of sp³-hybridized carbons (Fsp3) is 0.0189. The largest absolute Gasteiger partial charge is 0.208 e. The van der Waals surface area contributed by atoms with Crippen LogP contribution < -0.4 is 0 Å². The zero-order chi connectivity index (χ0) is 77.0. The van der Waals surface area contributed by atoms with Crippen LogP contribution in [0.15, 0.2) is 396 Å². The smallest absolute Gasteiger partial charge is 0.164 e. The second-order valence-corrected chi connectivity index (χ2v) is 31.7. The summed E-state index contributed by atoms with van der Waals surface area (Å²) >= 11 is 3.39. The van der Waals surface area contributed by atoms with Gasteiger partial charge in [0.25, 0.3) is 0 Å². The average Bonchev–Trinajstić information content (AvgIpc) is 1.49. The van der Waals surface area contributed by atoms with Gasteiger partial charge in [-0.3, -0.25) is 0 Å². The predicted octanol–water partition coefficient (Wildman–Crippen LogP) is 25.8. The van der Waals surface area contributed by atoms with Gasteiger partial charge in [-0.05, 0) is 165 Å². The Morgan fingerprint density at radius 3 is 0.767 bits per heavy atom. The summed E-state index contributed by atoms with van der Waals surface area (Å²) in [6.45, 7) is 0. The zero-order valence-electron chi connectivity index (χ0n) is 62.2. The topological polar surface area (TPSA) is 125 Å². The van der Waals surface area contributed by atoms with Gasteiger partial charge in [-0.2, -0.15) is 10.5 Å². The molecule has 116 heavy (non-hydrogen) atoms. The van der Waals surface area contributed by atoms with Crippen LogP contribution in [0.3, 0.4) is 0 Å². The maximum absolute atomic E-state index is 10.8. The number of fused-ring (bicyclic) bond motifs is 18. The lowest BCUT2D eigenvalue weighted by molar-refractivity contribution is 0.722. The summed E-state index contributed by atoms with van der Waals surface area (Å²) in [5.41, 5.74) is 29.8. The summed E-state index contributed by atoms with van der Waals surface area (Å²) in [6, 6.07) is 138. The first-order valence-corrected chi connectivity index (χ1v) is 40.4. The number of hydrogen-bond acceptors (Lipinski definition) is 10. The molecule has 0 unspecified atom stereocenters. The number of nitriles is 2. The molecule has 0 saturated carbocycles. The fourth-order valence-electron chi connectivity index (χ4n) is 18.3. The highest BCUT2D eigenvalue weighted by atomic mass is 32.2. The molecule has 10 heteroatoms. The molecule has 2 aliphatic heterocycles. The molecule has 0 N–H and O–H groups in total. The Morgan fingerprint density at radius 2 is 0.405 bits per heavy atom. The summed E-state index contributed by atoms with van der Waals surface area (Å²) in [4.78, 5) is 36.2. The molecule has 16 aromatic carbocycles. The normalized spacial score (nSPS) is 13.1. The zero-order valence-corrected chi connectivity index (χ0v) is 63.8. The van der Waals surface area contributed by atoms with Gasteiger partial charge in [0, 0.05) is 53.0 Å². The van der Waals surface area contributed by atoms with Crippen molar-refractivity contribution < 1.29 is 0 Å². The molecule has 0 atom stereocenters. The van der Waals surface area contributed by atoms with Gasteiger partial charge in [-0.25, -0.2) is 29.9 Å². The minimum absolute atomic E-state index is 0.521. The monoisotopic (exact) mass is 1510 g/mol. The van der Waals surface area contributed by atoms with Crippen LogP contribution in [-0.2, 0) is 10.8 Å². The minimum atomic E-state index is -0.669. The molecule has 4 heterocycles. The summed E-state index contributed by atoms with van der Waals surface area (Å²) in [5, 5.41) is 21.6. The summed E-state index contributed by atoms with van der Waals surface area (Å²) in [5.74, 6) is 3.22. The van der Waals surface area contributed by atoms with Crippen LogP contribution in [0.2, 0.25) is 0 Å². The summed E-state index contributed by atoms with van der Waals surface area (Å²) in [7, 11) is 0. The summed E-state index contributed by atoms with van der Waals surface area (Å²) in [6.07, 6.45) is 0. The van der Waals surface area contributed by atoms with Crippen LogP contribution >= 0.6 is 23.5 Å². The highest BCUT2D eigenvalue weighted by Crippen LogP contribution is 2.66. The molecule has 4 aliphatic rings. The van der Waals surface area contributed by atoms with Gasteiger partial charge in [-0.1, -0.05) is 357 Å². The number of aromatic nitrogens is 6. The van der Waals surface area contributed by atoms with Crippen molar-refractivity contribution in [3.63, 3.8) is 0 Å². The van der Waals surface area contributed by atoms with Gasteiger partial charge in [-0.15, -0.1) is 0 Å². The lowest BCUT2D eigenvalue weighted by Gasteiger charge is -2.40. The van der Waals surface area contributed by atoms with E-state index >= 15 is 0 Å². The van der Waals surface area contributed by atoms with Crippen LogP contribution in [0.4, 0.5) is 0 Å². The van der Waals surface area contributed by atoms with Crippen molar-refractivity contribution in [2.45, 2.75) is 30.4 Å². The quantitative estimate of drug-likeness (QED) is 0.124. The SMILES string of the molecule is N#Cc1cccc2c1Sc1c(-c3cccc(-c4cccc(-c5nc(-c6ccccc6)nc(-c6cccc(-c7cccc(-c8nc(-c9ccc(-c%10ccccc%10)cc9)nc(-c9cccc(-c%10cccc%11c%10Sc%10c(C#N)cccc%10C%11%10c%11ccccc%11-c%11ccccc%11%10)c9)n8)c7)c6)n5)c4)c3)cccc1C21c2ccccc2-c2ccccc21. The first-order chi connectivity index (χ1) is 57.4. The third-order valence-corrected chi connectivity index (χ3v) is 26.0. The molecule has 0 fully saturated rings. The lowest BCUT2D eigenvalue weighted by atomic mass is 9.66. The van der Waals surface area contributed by atoms with E-state index in [1.165, 1.54) is 55.6 Å². The van der Waals surface area contributed by atoms with Crippen LogP contribution in [0.5, 0.6) is 0 Å². The molecular formula is C106H62N8S2. The molecular weight excluding hydrogens is 1450 g/mol. The minimum Gasteiger partial charge on any atom is -0.208 e. The van der Waals surface area contributed by atoms with E-state index in [1.807, 2.05) is 60.7 Å². The van der Waals surface area contributed by atoms with E-state index in [9.17, 15) is 10.5 Å². The first kappa shape index (κ1) is 68.1. The van der Waals surface area contributed by atoms with Crippen molar-refractivity contribution in [2.75, 3.05) is 0 Å². The Bertz CT molecular complexity index is 7110. The Morgan fingerprint density at radius 1 is 0.181 bits per heavy atom. The molecule has 22 rings (SSSR count). The number of nitrogens with zero attached hydrogens (tertiary/aromatic N) is 8. The van der Waals surface area contributed by atoms with Gasteiger partial charge in [0.05, 0.1) is 22.0 Å². The lowest BCUT2D eigenvalue weighted by Crippen LogP contribution is -2.32. The van der Waals surface area contributed by atoms with Crippen LogP contribution in [0.1, 0.15) is 55.6 Å². The van der Waals surface area contributed by atoms with Crippen molar-refractivity contribution in [1.82, 2.24) is 29.9 Å². The second-order valence-electron chi connectivity index (χ2n) is 29.7. The van der Waals surface area contributed by atoms with Gasteiger partial charge in [0.15, 0.2) is 34.9 Å². The van der Waals surface area contributed by atoms with E-state index in [4.69, 9.17) is 29.9 Å². The maximum Gasteiger partial charge on any atom is 0.164 e. The third kappa shape index (κ3) is 10.8. The average molecular weight is 1510 g/mol.